The second kappa shape index (κ2) is 11.9. The van der Waals surface area contributed by atoms with Crippen molar-refractivity contribution >= 4 is 34.4 Å². The number of methoxy groups -OCH3 is 2. The Kier molecular flexibility index (Phi) is 8.14. The average Bonchev–Trinajstić information content (AvgIpc) is 3.39. The zero-order chi connectivity index (χ0) is 29.1. The molecule has 0 aliphatic heterocycles. The van der Waals surface area contributed by atoms with Crippen LogP contribution in [0.5, 0.6) is 5.75 Å². The number of ether oxygens (including phenoxy) is 2. The smallest absolute Gasteiger partial charge is 0.336 e. The Bertz CT molecular complexity index is 1750. The maximum Gasteiger partial charge on any atom is 0.336 e. The fraction of sp³-hybridized carbons (Fsp3) is 0.156. The predicted octanol–water partition coefficient (Wildman–Crippen LogP) is 7.40. The molecule has 41 heavy (non-hydrogen) atoms. The number of rotatable bonds is 10. The first-order valence-corrected chi connectivity index (χ1v) is 13.2. The van der Waals surface area contributed by atoms with Crippen molar-refractivity contribution in [2.24, 2.45) is 0 Å². The molecular formula is C32H26ClFN2O5. The van der Waals surface area contributed by atoms with Crippen LogP contribution in [0.25, 0.3) is 33.5 Å². The topological polar surface area (TPSA) is 102 Å². The van der Waals surface area contributed by atoms with E-state index in [0.717, 1.165) is 5.56 Å². The number of hydrogen-bond donors (Lipinski definition) is 2. The summed E-state index contributed by atoms with van der Waals surface area (Å²) in [6, 6.07) is 22.0. The molecule has 0 spiro atoms. The van der Waals surface area contributed by atoms with Crippen molar-refractivity contribution < 1.29 is 28.6 Å². The number of aromatic carboxylic acids is 1. The van der Waals surface area contributed by atoms with E-state index in [2.05, 4.69) is 9.97 Å². The summed E-state index contributed by atoms with van der Waals surface area (Å²) in [7, 11) is 2.95. The maximum atomic E-state index is 14.3. The van der Waals surface area contributed by atoms with E-state index < -0.39 is 11.8 Å². The monoisotopic (exact) mass is 572 g/mol. The molecule has 0 amide bonds. The molecule has 0 saturated heterocycles. The van der Waals surface area contributed by atoms with E-state index in [1.54, 1.807) is 37.4 Å². The first-order valence-electron chi connectivity index (χ1n) is 12.8. The van der Waals surface area contributed by atoms with Crippen LogP contribution in [-0.2, 0) is 4.74 Å². The van der Waals surface area contributed by atoms with Crippen molar-refractivity contribution in [3.8, 4) is 28.3 Å². The number of H-pyrrole nitrogens is 1. The zero-order valence-corrected chi connectivity index (χ0v) is 23.0. The largest absolute Gasteiger partial charge is 0.494 e. The average molecular weight is 573 g/mol. The van der Waals surface area contributed by atoms with Gasteiger partial charge in [-0.15, -0.1) is 0 Å². The van der Waals surface area contributed by atoms with Crippen molar-refractivity contribution in [2.45, 2.75) is 12.3 Å². The van der Waals surface area contributed by atoms with Gasteiger partial charge in [-0.1, -0.05) is 66.2 Å². The van der Waals surface area contributed by atoms with Crippen molar-refractivity contribution in [3.63, 3.8) is 0 Å². The standard InChI is InChI=1S/C32H26ClFN2O5/c1-40-17-20(18-7-4-3-5-8-18)14-28(37)19-11-12-21(23(13-19)32(38)39)30-22(9-6-10-24(30)33)31-35-26-15-25(34)29(41-2)16-27(26)36-31/h3-13,15-16,20H,14,17H2,1-2H3,(H,35,36)(H,38,39)/t20-/m1/s1. The van der Waals surface area contributed by atoms with Crippen LogP contribution in [0.3, 0.4) is 0 Å². The van der Waals surface area contributed by atoms with Gasteiger partial charge in [0.2, 0.25) is 0 Å². The molecule has 5 aromatic rings. The number of fused-ring (bicyclic) bond motifs is 1. The molecule has 4 aromatic carbocycles. The molecule has 9 heteroatoms. The Labute approximate surface area is 240 Å². The Morgan fingerprint density at radius 1 is 1.00 bits per heavy atom. The number of benzene rings is 4. The van der Waals surface area contributed by atoms with E-state index in [9.17, 15) is 19.1 Å². The predicted molar refractivity (Wildman–Crippen MR) is 155 cm³/mol. The Balaban J connectivity index is 1.56. The molecule has 5 rings (SSSR count). The number of nitrogens with zero attached hydrogens (tertiary/aromatic N) is 1. The van der Waals surface area contributed by atoms with E-state index in [-0.39, 0.29) is 40.0 Å². The maximum absolute atomic E-state index is 14.3. The third kappa shape index (κ3) is 5.70. The van der Waals surface area contributed by atoms with Gasteiger partial charge in [-0.3, -0.25) is 4.79 Å². The van der Waals surface area contributed by atoms with Crippen molar-refractivity contribution in [1.29, 1.82) is 0 Å². The molecular weight excluding hydrogens is 547 g/mol. The van der Waals surface area contributed by atoms with E-state index in [1.165, 1.54) is 25.3 Å². The number of carboxylic acids is 1. The molecule has 0 fully saturated rings. The molecule has 1 heterocycles. The van der Waals surface area contributed by atoms with Crippen LogP contribution in [0, 0.1) is 5.82 Å². The first-order chi connectivity index (χ1) is 19.8. The van der Waals surface area contributed by atoms with Gasteiger partial charge in [-0.25, -0.2) is 14.2 Å². The number of hydrogen-bond acceptors (Lipinski definition) is 5. The summed E-state index contributed by atoms with van der Waals surface area (Å²) in [6.45, 7) is 0.343. The molecule has 1 aromatic heterocycles. The number of ketones is 1. The number of nitrogens with one attached hydrogen (secondary N) is 1. The van der Waals surface area contributed by atoms with Gasteiger partial charge < -0.3 is 19.6 Å². The molecule has 0 bridgehead atoms. The molecule has 208 valence electrons. The number of carbonyl (C=O) groups is 2. The Hall–Kier alpha value is -4.53. The fourth-order valence-corrected chi connectivity index (χ4v) is 5.22. The normalized spacial score (nSPS) is 11.9. The van der Waals surface area contributed by atoms with Gasteiger partial charge >= 0.3 is 5.97 Å². The molecule has 7 nitrogen and oxygen atoms in total. The van der Waals surface area contributed by atoms with Gasteiger partial charge in [-0.2, -0.15) is 0 Å². The lowest BCUT2D eigenvalue weighted by atomic mass is 9.89. The van der Waals surface area contributed by atoms with Crippen LogP contribution in [0.1, 0.15) is 38.6 Å². The SMILES string of the molecule is COC[C@@H](CC(=O)c1ccc(-c2c(Cl)cccc2-c2nc3cc(OC)c(F)cc3[nH]2)c(C(=O)O)c1)c1ccccc1. The second-order valence-corrected chi connectivity index (χ2v) is 9.91. The Morgan fingerprint density at radius 3 is 2.49 bits per heavy atom. The van der Waals surface area contributed by atoms with Crippen LogP contribution in [0.15, 0.2) is 78.9 Å². The van der Waals surface area contributed by atoms with Crippen molar-refractivity contribution in [1.82, 2.24) is 9.97 Å². The lowest BCUT2D eigenvalue weighted by Crippen LogP contribution is -2.13. The van der Waals surface area contributed by atoms with Crippen LogP contribution in [0.2, 0.25) is 5.02 Å². The molecule has 2 N–H and O–H groups in total. The van der Waals surface area contributed by atoms with Gasteiger partial charge in [0.15, 0.2) is 17.3 Å². The molecule has 0 saturated carbocycles. The fourth-order valence-electron chi connectivity index (χ4n) is 4.94. The molecule has 0 aliphatic rings. The van der Waals surface area contributed by atoms with Gasteiger partial charge in [0.25, 0.3) is 0 Å². The quantitative estimate of drug-likeness (QED) is 0.169. The van der Waals surface area contributed by atoms with Crippen LogP contribution >= 0.6 is 11.6 Å². The first kappa shape index (κ1) is 28.0. The number of aromatic amines is 1. The zero-order valence-electron chi connectivity index (χ0n) is 22.3. The van der Waals surface area contributed by atoms with E-state index in [0.29, 0.717) is 40.2 Å². The van der Waals surface area contributed by atoms with Crippen LogP contribution in [-0.4, -0.2) is 47.7 Å². The number of imidazole rings is 1. The minimum atomic E-state index is -1.21. The van der Waals surface area contributed by atoms with Gasteiger partial charge in [0.05, 0.1) is 30.3 Å². The van der Waals surface area contributed by atoms with Crippen LogP contribution < -0.4 is 4.74 Å². The number of carboxylic acid groups (broad SMARTS) is 1. The van der Waals surface area contributed by atoms with Crippen LogP contribution in [0.4, 0.5) is 4.39 Å². The number of carbonyl (C=O) groups excluding carboxylic acids is 1. The van der Waals surface area contributed by atoms with E-state index >= 15 is 0 Å². The van der Waals surface area contributed by atoms with Gasteiger partial charge in [-0.05, 0) is 23.3 Å². The third-order valence-corrected chi connectivity index (χ3v) is 7.25. The van der Waals surface area contributed by atoms with Gasteiger partial charge in [0, 0.05) is 53.3 Å². The highest BCUT2D eigenvalue weighted by Crippen LogP contribution is 2.40. The Morgan fingerprint density at radius 2 is 1.78 bits per heavy atom. The summed E-state index contributed by atoms with van der Waals surface area (Å²) < 4.78 is 24.7. The highest BCUT2D eigenvalue weighted by molar-refractivity contribution is 6.34. The van der Waals surface area contributed by atoms with Crippen molar-refractivity contribution in [2.75, 3.05) is 20.8 Å². The highest BCUT2D eigenvalue weighted by Gasteiger charge is 2.23. The molecule has 0 radical (unpaired) electrons. The number of halogens is 2. The summed E-state index contributed by atoms with van der Waals surface area (Å²) in [6.07, 6.45) is 0.145. The number of Topliss-reactive ketones (excluding diaryl/α,β-unsaturated/α-hetero) is 1. The summed E-state index contributed by atoms with van der Waals surface area (Å²) >= 11 is 6.64. The molecule has 1 atom stereocenters. The number of aromatic nitrogens is 2. The molecule has 0 aliphatic carbocycles. The van der Waals surface area contributed by atoms with Crippen molar-refractivity contribution in [3.05, 3.63) is 106 Å². The lowest BCUT2D eigenvalue weighted by Gasteiger charge is -2.17. The van der Waals surface area contributed by atoms with E-state index in [4.69, 9.17) is 21.1 Å². The van der Waals surface area contributed by atoms with E-state index in [1.807, 2.05) is 30.3 Å². The second-order valence-electron chi connectivity index (χ2n) is 9.51. The lowest BCUT2D eigenvalue weighted by molar-refractivity contribution is 0.0697. The molecule has 0 unspecified atom stereocenters. The van der Waals surface area contributed by atoms with Gasteiger partial charge in [0.1, 0.15) is 5.82 Å². The highest BCUT2D eigenvalue weighted by atomic mass is 35.5. The summed E-state index contributed by atoms with van der Waals surface area (Å²) in [5, 5.41) is 10.5. The minimum Gasteiger partial charge on any atom is -0.494 e. The summed E-state index contributed by atoms with van der Waals surface area (Å²) in [5.74, 6) is -1.74. The summed E-state index contributed by atoms with van der Waals surface area (Å²) in [5.41, 5.74) is 3.29. The minimum absolute atomic E-state index is 0.0512. The third-order valence-electron chi connectivity index (χ3n) is 6.94. The summed E-state index contributed by atoms with van der Waals surface area (Å²) in [4.78, 5) is 33.5.